The van der Waals surface area contributed by atoms with Gasteiger partial charge in [-0.3, -0.25) is 9.69 Å². The van der Waals surface area contributed by atoms with Gasteiger partial charge in [0.2, 0.25) is 0 Å². The fraction of sp³-hybridized carbons (Fsp3) is 0.938. The number of nitrogens with zero attached hydrogens (tertiary/aromatic N) is 1. The lowest BCUT2D eigenvalue weighted by atomic mass is 9.76. The average molecular weight is 267 g/mol. The van der Waals surface area contributed by atoms with Gasteiger partial charge in [0.15, 0.2) is 0 Å². The maximum atomic E-state index is 11.6. The van der Waals surface area contributed by atoms with Crippen molar-refractivity contribution in [3.8, 4) is 0 Å². The van der Waals surface area contributed by atoms with E-state index >= 15 is 0 Å². The fourth-order valence-electron chi connectivity index (χ4n) is 4.18. The summed E-state index contributed by atoms with van der Waals surface area (Å²) >= 11 is 0. The highest BCUT2D eigenvalue weighted by Crippen LogP contribution is 2.37. The Kier molecular flexibility index (Phi) is 4.88. The zero-order valence-electron chi connectivity index (χ0n) is 12.5. The third-order valence-corrected chi connectivity index (χ3v) is 5.23. The molecule has 1 aliphatic heterocycles. The summed E-state index contributed by atoms with van der Waals surface area (Å²) in [6.45, 7) is 5.87. The molecule has 0 aromatic carbocycles. The molecule has 1 heterocycles. The Morgan fingerprint density at radius 1 is 1.26 bits per heavy atom. The van der Waals surface area contributed by atoms with E-state index in [4.69, 9.17) is 0 Å². The van der Waals surface area contributed by atoms with E-state index < -0.39 is 11.4 Å². The van der Waals surface area contributed by atoms with E-state index in [1.54, 1.807) is 0 Å². The maximum absolute atomic E-state index is 11.6. The number of carboxylic acids is 1. The van der Waals surface area contributed by atoms with Crippen LogP contribution < -0.4 is 0 Å². The van der Waals surface area contributed by atoms with Gasteiger partial charge >= 0.3 is 5.97 Å². The van der Waals surface area contributed by atoms with Crippen molar-refractivity contribution in [2.24, 2.45) is 11.3 Å². The second-order valence-electron chi connectivity index (χ2n) is 6.84. The molecular weight excluding hydrogens is 238 g/mol. The molecular formula is C16H29NO2. The summed E-state index contributed by atoms with van der Waals surface area (Å²) in [4.78, 5) is 14.1. The van der Waals surface area contributed by atoms with Crippen molar-refractivity contribution < 1.29 is 9.90 Å². The van der Waals surface area contributed by atoms with Crippen LogP contribution in [0.25, 0.3) is 0 Å². The number of fused-ring (bicyclic) bond motifs is 1. The summed E-state index contributed by atoms with van der Waals surface area (Å²) < 4.78 is 0. The van der Waals surface area contributed by atoms with Crippen LogP contribution in [0.2, 0.25) is 0 Å². The fourth-order valence-corrected chi connectivity index (χ4v) is 4.18. The summed E-state index contributed by atoms with van der Waals surface area (Å²) in [5.74, 6) is 0.217. The zero-order chi connectivity index (χ0) is 13.9. The first-order chi connectivity index (χ1) is 9.07. The van der Waals surface area contributed by atoms with Crippen molar-refractivity contribution in [3.05, 3.63) is 0 Å². The van der Waals surface area contributed by atoms with Crippen molar-refractivity contribution in [2.45, 2.75) is 71.3 Å². The minimum absolute atomic E-state index is 0.561. The number of likely N-dealkylation sites (tertiary alicyclic amines) is 1. The van der Waals surface area contributed by atoms with E-state index in [-0.39, 0.29) is 0 Å². The number of hydrogen-bond acceptors (Lipinski definition) is 2. The summed E-state index contributed by atoms with van der Waals surface area (Å²) in [7, 11) is 0. The standard InChI is InChI=1S/C16H29NO2/c1-3-10-16(2,15(18)19)12-17-11-6-8-13-7-4-5-9-14(13)17/h13-14H,3-12H2,1-2H3,(H,18,19). The Labute approximate surface area is 117 Å². The lowest BCUT2D eigenvalue weighted by Gasteiger charge is -2.46. The second kappa shape index (κ2) is 6.25. The van der Waals surface area contributed by atoms with Crippen LogP contribution in [0.1, 0.15) is 65.2 Å². The molecule has 0 aromatic rings. The van der Waals surface area contributed by atoms with Crippen molar-refractivity contribution >= 4 is 5.97 Å². The molecule has 3 atom stereocenters. The Balaban J connectivity index is 2.04. The van der Waals surface area contributed by atoms with Gasteiger partial charge in [-0.25, -0.2) is 0 Å². The highest BCUT2D eigenvalue weighted by atomic mass is 16.4. The first-order valence-corrected chi connectivity index (χ1v) is 8.04. The van der Waals surface area contributed by atoms with Crippen LogP contribution in [-0.4, -0.2) is 35.1 Å². The van der Waals surface area contributed by atoms with E-state index in [0.717, 1.165) is 31.8 Å². The molecule has 2 aliphatic rings. The van der Waals surface area contributed by atoms with Crippen LogP contribution in [0, 0.1) is 11.3 Å². The molecule has 1 N–H and O–H groups in total. The molecule has 1 aliphatic carbocycles. The van der Waals surface area contributed by atoms with E-state index in [1.165, 1.54) is 38.5 Å². The van der Waals surface area contributed by atoms with Crippen LogP contribution in [0.5, 0.6) is 0 Å². The molecule has 3 nitrogen and oxygen atoms in total. The number of hydrogen-bond donors (Lipinski definition) is 1. The summed E-state index contributed by atoms with van der Waals surface area (Å²) in [6, 6.07) is 0.665. The Morgan fingerprint density at radius 2 is 1.95 bits per heavy atom. The normalized spacial score (nSPS) is 31.5. The molecule has 3 heteroatoms. The van der Waals surface area contributed by atoms with E-state index in [2.05, 4.69) is 11.8 Å². The molecule has 110 valence electrons. The lowest BCUT2D eigenvalue weighted by molar-refractivity contribution is -0.150. The average Bonchev–Trinajstić information content (AvgIpc) is 2.39. The number of rotatable bonds is 5. The van der Waals surface area contributed by atoms with Gasteiger partial charge in [0.25, 0.3) is 0 Å². The van der Waals surface area contributed by atoms with Gasteiger partial charge in [-0.15, -0.1) is 0 Å². The molecule has 19 heavy (non-hydrogen) atoms. The van der Waals surface area contributed by atoms with Crippen molar-refractivity contribution in [2.75, 3.05) is 13.1 Å². The van der Waals surface area contributed by atoms with Gasteiger partial charge in [-0.05, 0) is 51.5 Å². The molecule has 2 rings (SSSR count). The lowest BCUT2D eigenvalue weighted by Crippen LogP contribution is -2.52. The van der Waals surface area contributed by atoms with Crippen LogP contribution in [0.15, 0.2) is 0 Å². The molecule has 0 radical (unpaired) electrons. The molecule has 0 aromatic heterocycles. The highest BCUT2D eigenvalue weighted by molar-refractivity contribution is 5.74. The minimum atomic E-state index is -0.618. The Bertz CT molecular complexity index is 316. The number of piperidine rings is 1. The van der Waals surface area contributed by atoms with Crippen LogP contribution in [0.4, 0.5) is 0 Å². The molecule has 3 unspecified atom stereocenters. The van der Waals surface area contributed by atoms with Crippen molar-refractivity contribution in [3.63, 3.8) is 0 Å². The van der Waals surface area contributed by atoms with Crippen molar-refractivity contribution in [1.82, 2.24) is 4.90 Å². The third kappa shape index (κ3) is 3.31. The molecule has 1 saturated heterocycles. The largest absolute Gasteiger partial charge is 0.481 e. The molecule has 2 fully saturated rings. The van der Waals surface area contributed by atoms with Gasteiger partial charge in [-0.2, -0.15) is 0 Å². The van der Waals surface area contributed by atoms with Crippen molar-refractivity contribution in [1.29, 1.82) is 0 Å². The van der Waals surface area contributed by atoms with Gasteiger partial charge in [0.05, 0.1) is 5.41 Å². The number of carboxylic acid groups (broad SMARTS) is 1. The molecule has 0 amide bonds. The minimum Gasteiger partial charge on any atom is -0.481 e. The van der Waals surface area contributed by atoms with E-state index in [1.807, 2.05) is 6.92 Å². The van der Waals surface area contributed by atoms with Gasteiger partial charge in [-0.1, -0.05) is 26.2 Å². The predicted octanol–water partition coefficient (Wildman–Crippen LogP) is 3.53. The van der Waals surface area contributed by atoms with E-state index in [9.17, 15) is 9.90 Å². The quantitative estimate of drug-likeness (QED) is 0.828. The molecule has 0 bridgehead atoms. The van der Waals surface area contributed by atoms with Crippen LogP contribution >= 0.6 is 0 Å². The van der Waals surface area contributed by atoms with Gasteiger partial charge < -0.3 is 5.11 Å². The topological polar surface area (TPSA) is 40.5 Å². The third-order valence-electron chi connectivity index (χ3n) is 5.23. The first kappa shape index (κ1) is 14.8. The Morgan fingerprint density at radius 3 is 2.63 bits per heavy atom. The smallest absolute Gasteiger partial charge is 0.310 e. The summed E-state index contributed by atoms with van der Waals surface area (Å²) in [6.07, 6.45) is 9.70. The highest BCUT2D eigenvalue weighted by Gasteiger charge is 2.40. The first-order valence-electron chi connectivity index (χ1n) is 8.04. The second-order valence-corrected chi connectivity index (χ2v) is 6.84. The zero-order valence-corrected chi connectivity index (χ0v) is 12.5. The number of aliphatic carboxylic acids is 1. The summed E-state index contributed by atoms with van der Waals surface area (Å²) in [5, 5.41) is 9.56. The monoisotopic (exact) mass is 267 g/mol. The van der Waals surface area contributed by atoms with Crippen LogP contribution in [-0.2, 0) is 4.79 Å². The molecule has 0 spiro atoms. The van der Waals surface area contributed by atoms with Gasteiger partial charge in [0, 0.05) is 12.6 Å². The SMILES string of the molecule is CCCC(C)(CN1CCCC2CCCCC21)C(=O)O. The Hall–Kier alpha value is -0.570. The predicted molar refractivity (Wildman–Crippen MR) is 77.2 cm³/mol. The maximum Gasteiger partial charge on any atom is 0.310 e. The molecule has 1 saturated carbocycles. The number of carbonyl (C=O) groups is 1. The van der Waals surface area contributed by atoms with E-state index in [0.29, 0.717) is 6.04 Å². The van der Waals surface area contributed by atoms with Crippen LogP contribution in [0.3, 0.4) is 0 Å². The van der Waals surface area contributed by atoms with Gasteiger partial charge in [0.1, 0.15) is 0 Å². The summed E-state index contributed by atoms with van der Waals surface area (Å²) in [5.41, 5.74) is -0.561.